The van der Waals surface area contributed by atoms with Crippen LogP contribution in [-0.2, 0) is 20.8 Å². The Morgan fingerprint density at radius 3 is 2.29 bits per heavy atom. The summed E-state index contributed by atoms with van der Waals surface area (Å²) in [6.07, 6.45) is -0.0228. The highest BCUT2D eigenvalue weighted by molar-refractivity contribution is 5.90. The molecule has 0 fully saturated rings. The minimum atomic E-state index is -1.21. The number of halogens is 1. The van der Waals surface area contributed by atoms with Crippen LogP contribution in [0.3, 0.4) is 0 Å². The fourth-order valence-corrected chi connectivity index (χ4v) is 2.16. The van der Waals surface area contributed by atoms with Gasteiger partial charge in [-0.15, -0.1) is 6.58 Å². The van der Waals surface area contributed by atoms with Gasteiger partial charge in [0.05, 0.1) is 0 Å². The molecule has 0 unspecified atom stereocenters. The Morgan fingerprint density at radius 1 is 1.17 bits per heavy atom. The van der Waals surface area contributed by atoms with Gasteiger partial charge < -0.3 is 15.7 Å². The predicted molar refractivity (Wildman–Crippen MR) is 86.7 cm³/mol. The number of amides is 2. The number of benzene rings is 1. The average Bonchev–Trinajstić information content (AvgIpc) is 2.47. The van der Waals surface area contributed by atoms with Crippen molar-refractivity contribution < 1.29 is 23.9 Å². The molecule has 0 bridgehead atoms. The Labute approximate surface area is 139 Å². The SMILES string of the molecule is C=C(C)C[C@@H](NC(=O)[C@@H](Cc1ccccc1F)NC(C)=O)C(=O)O. The van der Waals surface area contributed by atoms with Crippen LogP contribution >= 0.6 is 0 Å². The first-order valence-electron chi connectivity index (χ1n) is 7.38. The zero-order valence-corrected chi connectivity index (χ0v) is 13.6. The Morgan fingerprint density at radius 2 is 1.79 bits per heavy atom. The molecular formula is C17H21FN2O4. The van der Waals surface area contributed by atoms with Crippen molar-refractivity contribution in [2.24, 2.45) is 0 Å². The van der Waals surface area contributed by atoms with Gasteiger partial charge in [0.1, 0.15) is 17.9 Å². The normalized spacial score (nSPS) is 12.8. The maximum absolute atomic E-state index is 13.8. The number of nitrogens with one attached hydrogen (secondary N) is 2. The number of carboxylic acid groups (broad SMARTS) is 1. The minimum Gasteiger partial charge on any atom is -0.480 e. The summed E-state index contributed by atoms with van der Waals surface area (Å²) in [4.78, 5) is 34.9. The summed E-state index contributed by atoms with van der Waals surface area (Å²) in [7, 11) is 0. The second-order valence-corrected chi connectivity index (χ2v) is 5.61. The predicted octanol–water partition coefficient (Wildman–Crippen LogP) is 1.41. The molecule has 1 aromatic carbocycles. The van der Waals surface area contributed by atoms with E-state index in [1.807, 2.05) is 0 Å². The number of rotatable bonds is 8. The van der Waals surface area contributed by atoms with E-state index >= 15 is 0 Å². The van der Waals surface area contributed by atoms with E-state index in [4.69, 9.17) is 5.11 Å². The molecule has 2 amide bonds. The lowest BCUT2D eigenvalue weighted by molar-refractivity contribution is -0.142. The molecule has 0 aliphatic carbocycles. The van der Waals surface area contributed by atoms with E-state index in [1.54, 1.807) is 13.0 Å². The van der Waals surface area contributed by atoms with Gasteiger partial charge in [-0.05, 0) is 25.0 Å². The topological polar surface area (TPSA) is 95.5 Å². The van der Waals surface area contributed by atoms with Crippen LogP contribution in [0.25, 0.3) is 0 Å². The zero-order chi connectivity index (χ0) is 18.3. The van der Waals surface area contributed by atoms with Crippen LogP contribution in [0.2, 0.25) is 0 Å². The highest BCUT2D eigenvalue weighted by Crippen LogP contribution is 2.10. The van der Waals surface area contributed by atoms with Crippen molar-refractivity contribution in [3.05, 3.63) is 47.8 Å². The second kappa shape index (κ2) is 8.81. The van der Waals surface area contributed by atoms with Gasteiger partial charge in [0.15, 0.2) is 0 Å². The molecule has 0 spiro atoms. The van der Waals surface area contributed by atoms with E-state index in [2.05, 4.69) is 17.2 Å². The number of hydrogen-bond donors (Lipinski definition) is 3. The molecule has 1 aromatic rings. The van der Waals surface area contributed by atoms with Gasteiger partial charge in [0.2, 0.25) is 11.8 Å². The summed E-state index contributed by atoms with van der Waals surface area (Å²) in [5.41, 5.74) is 0.839. The smallest absolute Gasteiger partial charge is 0.326 e. The molecule has 6 nitrogen and oxygen atoms in total. The molecule has 24 heavy (non-hydrogen) atoms. The van der Waals surface area contributed by atoms with E-state index in [1.165, 1.54) is 25.1 Å². The molecular weight excluding hydrogens is 315 g/mol. The third-order valence-electron chi connectivity index (χ3n) is 3.24. The molecule has 0 aliphatic heterocycles. The van der Waals surface area contributed by atoms with Crippen molar-refractivity contribution in [1.82, 2.24) is 10.6 Å². The van der Waals surface area contributed by atoms with Gasteiger partial charge in [0, 0.05) is 13.3 Å². The molecule has 2 atom stereocenters. The zero-order valence-electron chi connectivity index (χ0n) is 13.6. The largest absolute Gasteiger partial charge is 0.480 e. The molecule has 3 N–H and O–H groups in total. The van der Waals surface area contributed by atoms with E-state index in [9.17, 15) is 18.8 Å². The molecule has 7 heteroatoms. The van der Waals surface area contributed by atoms with E-state index in [0.29, 0.717) is 5.57 Å². The number of carboxylic acids is 1. The van der Waals surface area contributed by atoms with E-state index in [-0.39, 0.29) is 18.4 Å². The van der Waals surface area contributed by atoms with Gasteiger partial charge in [-0.3, -0.25) is 9.59 Å². The molecule has 0 aromatic heterocycles. The highest BCUT2D eigenvalue weighted by atomic mass is 19.1. The van der Waals surface area contributed by atoms with Gasteiger partial charge in [-0.25, -0.2) is 9.18 Å². The molecule has 1 rings (SSSR count). The van der Waals surface area contributed by atoms with Crippen LogP contribution in [0, 0.1) is 5.82 Å². The van der Waals surface area contributed by atoms with Crippen molar-refractivity contribution in [2.75, 3.05) is 0 Å². The van der Waals surface area contributed by atoms with Crippen molar-refractivity contribution >= 4 is 17.8 Å². The molecule has 0 heterocycles. The Kier molecular flexibility index (Phi) is 7.10. The first kappa shape index (κ1) is 19.3. The third-order valence-corrected chi connectivity index (χ3v) is 3.24. The lowest BCUT2D eigenvalue weighted by Gasteiger charge is -2.21. The van der Waals surface area contributed by atoms with Crippen molar-refractivity contribution in [2.45, 2.75) is 38.8 Å². The van der Waals surface area contributed by atoms with Crippen molar-refractivity contribution in [1.29, 1.82) is 0 Å². The first-order valence-corrected chi connectivity index (χ1v) is 7.38. The summed E-state index contributed by atoms with van der Waals surface area (Å²) >= 11 is 0. The second-order valence-electron chi connectivity index (χ2n) is 5.61. The van der Waals surface area contributed by atoms with Gasteiger partial charge >= 0.3 is 5.97 Å². The quantitative estimate of drug-likeness (QED) is 0.626. The number of hydrogen-bond acceptors (Lipinski definition) is 3. The summed E-state index contributed by atoms with van der Waals surface area (Å²) in [6, 6.07) is 3.64. The summed E-state index contributed by atoms with van der Waals surface area (Å²) in [5.74, 6) is -2.88. The van der Waals surface area contributed by atoms with Gasteiger partial charge in [-0.2, -0.15) is 0 Å². The van der Waals surface area contributed by atoms with Crippen molar-refractivity contribution in [3.63, 3.8) is 0 Å². The lowest BCUT2D eigenvalue weighted by atomic mass is 10.0. The van der Waals surface area contributed by atoms with E-state index < -0.39 is 35.7 Å². The van der Waals surface area contributed by atoms with Crippen LogP contribution in [-0.4, -0.2) is 35.0 Å². The lowest BCUT2D eigenvalue weighted by Crippen LogP contribution is -2.52. The molecule has 0 radical (unpaired) electrons. The van der Waals surface area contributed by atoms with Crippen LogP contribution in [0.5, 0.6) is 0 Å². The first-order chi connectivity index (χ1) is 11.2. The molecule has 0 saturated carbocycles. The number of aliphatic carboxylic acids is 1. The fraction of sp³-hybridized carbons (Fsp3) is 0.353. The standard InChI is InChI=1S/C17H21FN2O4/c1-10(2)8-15(17(23)24)20-16(22)14(19-11(3)21)9-12-6-4-5-7-13(12)18/h4-7,14-15H,1,8-9H2,2-3H3,(H,19,21)(H,20,22)(H,23,24)/t14-,15-/m1/s1. The summed E-state index contributed by atoms with van der Waals surface area (Å²) < 4.78 is 13.8. The van der Waals surface area contributed by atoms with Gasteiger partial charge in [0.25, 0.3) is 0 Å². The third kappa shape index (κ3) is 6.20. The Balaban J connectivity index is 2.92. The van der Waals surface area contributed by atoms with Crippen LogP contribution in [0.1, 0.15) is 25.8 Å². The molecule has 130 valence electrons. The maximum Gasteiger partial charge on any atom is 0.326 e. The van der Waals surface area contributed by atoms with Crippen LogP contribution < -0.4 is 10.6 Å². The molecule has 0 aliphatic rings. The Bertz CT molecular complexity index is 645. The van der Waals surface area contributed by atoms with Crippen LogP contribution in [0.4, 0.5) is 4.39 Å². The molecule has 0 saturated heterocycles. The maximum atomic E-state index is 13.8. The van der Waals surface area contributed by atoms with Gasteiger partial charge in [-0.1, -0.05) is 23.8 Å². The summed E-state index contributed by atoms with van der Waals surface area (Å²) in [6.45, 7) is 6.50. The van der Waals surface area contributed by atoms with Crippen molar-refractivity contribution in [3.8, 4) is 0 Å². The van der Waals surface area contributed by atoms with E-state index in [0.717, 1.165) is 0 Å². The number of carbonyl (C=O) groups excluding carboxylic acids is 2. The fourth-order valence-electron chi connectivity index (χ4n) is 2.16. The summed E-state index contributed by atoms with van der Waals surface area (Å²) in [5, 5.41) is 13.9. The number of carbonyl (C=O) groups is 3. The minimum absolute atomic E-state index is 0.0631. The van der Waals surface area contributed by atoms with Crippen LogP contribution in [0.15, 0.2) is 36.4 Å². The highest BCUT2D eigenvalue weighted by Gasteiger charge is 2.26. The Hall–Kier alpha value is -2.70. The average molecular weight is 336 g/mol. The monoisotopic (exact) mass is 336 g/mol.